The summed E-state index contributed by atoms with van der Waals surface area (Å²) in [6.45, 7) is 2.26. The number of imidazole rings is 1. The third kappa shape index (κ3) is 5.19. The van der Waals surface area contributed by atoms with Gasteiger partial charge in [0.25, 0.3) is 5.91 Å². The van der Waals surface area contributed by atoms with Crippen LogP contribution in [-0.4, -0.2) is 56.6 Å². The highest BCUT2D eigenvalue weighted by molar-refractivity contribution is 5.96. The number of carbonyl (C=O) groups excluding carboxylic acids is 2. The van der Waals surface area contributed by atoms with Gasteiger partial charge in [-0.1, -0.05) is 29.8 Å². The summed E-state index contributed by atoms with van der Waals surface area (Å²) < 4.78 is 22.5. The number of likely N-dealkylation sites (tertiary alicyclic amines) is 1. The SMILES string of the molecule is Cc1ccc(CC(=O)N2CC[C@H](Oc3ncc(-c4cn(C)cn4)cc3C(N)=O)[C@@H](F)C2)cc1. The normalized spacial score (nSPS) is 18.2. The molecule has 0 bridgehead atoms. The maximum atomic E-state index is 14.9. The van der Waals surface area contributed by atoms with E-state index in [4.69, 9.17) is 10.5 Å². The van der Waals surface area contributed by atoms with E-state index in [1.165, 1.54) is 11.1 Å². The number of pyridine rings is 1. The molecule has 2 amide bonds. The van der Waals surface area contributed by atoms with E-state index < -0.39 is 18.2 Å². The van der Waals surface area contributed by atoms with Crippen molar-refractivity contribution in [1.82, 2.24) is 19.4 Å². The Bertz CT molecular complexity index is 1160. The highest BCUT2D eigenvalue weighted by Crippen LogP contribution is 2.26. The van der Waals surface area contributed by atoms with Crippen molar-refractivity contribution in [3.8, 4) is 17.1 Å². The van der Waals surface area contributed by atoms with Crippen molar-refractivity contribution in [2.75, 3.05) is 13.1 Å². The van der Waals surface area contributed by atoms with Gasteiger partial charge >= 0.3 is 0 Å². The van der Waals surface area contributed by atoms with Crippen LogP contribution < -0.4 is 10.5 Å². The number of hydrogen-bond acceptors (Lipinski definition) is 5. The van der Waals surface area contributed by atoms with Crippen LogP contribution in [0.4, 0.5) is 4.39 Å². The molecule has 1 aliphatic heterocycles. The van der Waals surface area contributed by atoms with Crippen molar-refractivity contribution < 1.29 is 18.7 Å². The molecule has 1 saturated heterocycles. The van der Waals surface area contributed by atoms with Crippen LogP contribution in [0.3, 0.4) is 0 Å². The monoisotopic (exact) mass is 451 g/mol. The Kier molecular flexibility index (Phi) is 6.39. The first-order valence-electron chi connectivity index (χ1n) is 10.7. The minimum absolute atomic E-state index is 0.0192. The molecule has 9 heteroatoms. The molecule has 0 aliphatic carbocycles. The number of alkyl halides is 1. The topological polar surface area (TPSA) is 103 Å². The zero-order chi connectivity index (χ0) is 23.5. The maximum Gasteiger partial charge on any atom is 0.254 e. The maximum absolute atomic E-state index is 14.9. The van der Waals surface area contributed by atoms with Gasteiger partial charge in [-0.3, -0.25) is 9.59 Å². The largest absolute Gasteiger partial charge is 0.471 e. The van der Waals surface area contributed by atoms with Gasteiger partial charge < -0.3 is 19.9 Å². The predicted molar refractivity (Wildman–Crippen MR) is 120 cm³/mol. The molecule has 2 aromatic heterocycles. The fourth-order valence-electron chi connectivity index (χ4n) is 3.80. The van der Waals surface area contributed by atoms with E-state index in [0.717, 1.165) is 11.1 Å². The first-order valence-corrected chi connectivity index (χ1v) is 10.7. The molecule has 172 valence electrons. The fourth-order valence-corrected chi connectivity index (χ4v) is 3.80. The third-order valence-corrected chi connectivity index (χ3v) is 5.69. The molecule has 2 atom stereocenters. The summed E-state index contributed by atoms with van der Waals surface area (Å²) >= 11 is 0. The van der Waals surface area contributed by atoms with Gasteiger partial charge in [0.2, 0.25) is 11.8 Å². The third-order valence-electron chi connectivity index (χ3n) is 5.69. The Balaban J connectivity index is 1.42. The molecule has 3 aromatic rings. The molecule has 2 N–H and O–H groups in total. The fraction of sp³-hybridized carbons (Fsp3) is 0.333. The molecule has 8 nitrogen and oxygen atoms in total. The number of amides is 2. The molecule has 1 aliphatic rings. The molecule has 1 aromatic carbocycles. The molecule has 0 saturated carbocycles. The van der Waals surface area contributed by atoms with Gasteiger partial charge in [-0.2, -0.15) is 0 Å². The second-order valence-corrected chi connectivity index (χ2v) is 8.33. The number of halogens is 1. The molecular weight excluding hydrogens is 425 g/mol. The van der Waals surface area contributed by atoms with Crippen LogP contribution in [0.25, 0.3) is 11.3 Å². The Labute approximate surface area is 191 Å². The number of primary amides is 1. The quantitative estimate of drug-likeness (QED) is 0.620. The van der Waals surface area contributed by atoms with Crippen molar-refractivity contribution in [3.05, 3.63) is 65.7 Å². The van der Waals surface area contributed by atoms with E-state index in [0.29, 0.717) is 17.8 Å². The van der Waals surface area contributed by atoms with E-state index in [9.17, 15) is 14.0 Å². The number of rotatable bonds is 6. The molecule has 0 unspecified atom stereocenters. The molecule has 3 heterocycles. The highest BCUT2D eigenvalue weighted by Gasteiger charge is 2.34. The van der Waals surface area contributed by atoms with Crippen LogP contribution in [0.5, 0.6) is 5.88 Å². The summed E-state index contributed by atoms with van der Waals surface area (Å²) in [4.78, 5) is 34.6. The average molecular weight is 452 g/mol. The van der Waals surface area contributed by atoms with Crippen molar-refractivity contribution in [2.24, 2.45) is 12.8 Å². The summed E-state index contributed by atoms with van der Waals surface area (Å²) in [5.74, 6) is -0.874. The predicted octanol–water partition coefficient (Wildman–Crippen LogP) is 2.45. The van der Waals surface area contributed by atoms with Crippen molar-refractivity contribution >= 4 is 11.8 Å². The summed E-state index contributed by atoms with van der Waals surface area (Å²) in [7, 11) is 1.83. The second-order valence-electron chi connectivity index (χ2n) is 8.33. The Morgan fingerprint density at radius 1 is 1.24 bits per heavy atom. The van der Waals surface area contributed by atoms with Gasteiger partial charge in [0.05, 0.1) is 25.0 Å². The summed E-state index contributed by atoms with van der Waals surface area (Å²) in [6, 6.07) is 9.25. The molecule has 1 fully saturated rings. The van der Waals surface area contributed by atoms with Crippen LogP contribution in [-0.2, 0) is 18.3 Å². The number of aryl methyl sites for hydroxylation is 2. The van der Waals surface area contributed by atoms with Gasteiger partial charge in [-0.05, 0) is 18.6 Å². The lowest BCUT2D eigenvalue weighted by atomic mass is 10.0. The van der Waals surface area contributed by atoms with E-state index in [-0.39, 0.29) is 36.7 Å². The Morgan fingerprint density at radius 3 is 2.64 bits per heavy atom. The number of benzene rings is 1. The van der Waals surface area contributed by atoms with Gasteiger partial charge in [0, 0.05) is 38.0 Å². The average Bonchev–Trinajstić information content (AvgIpc) is 3.23. The van der Waals surface area contributed by atoms with Crippen LogP contribution >= 0.6 is 0 Å². The minimum atomic E-state index is -1.42. The smallest absolute Gasteiger partial charge is 0.254 e. The lowest BCUT2D eigenvalue weighted by Gasteiger charge is -2.34. The number of hydrogen-bond donors (Lipinski definition) is 1. The number of carbonyl (C=O) groups is 2. The standard InChI is InChI=1S/C24H26FN5O3/c1-15-3-5-16(6-4-15)9-22(31)30-8-7-21(19(25)12-30)33-24-18(23(26)32)10-17(11-27-24)20-13-29(2)14-28-20/h3-6,10-11,13-14,19,21H,7-9,12H2,1-2H3,(H2,26,32)/t19-,21-/m0/s1. The second kappa shape index (κ2) is 9.40. The van der Waals surface area contributed by atoms with E-state index in [1.54, 1.807) is 23.2 Å². The van der Waals surface area contributed by atoms with E-state index >= 15 is 0 Å². The number of piperidine rings is 1. The van der Waals surface area contributed by atoms with E-state index in [1.807, 2.05) is 38.2 Å². The number of aromatic nitrogens is 3. The van der Waals surface area contributed by atoms with Gasteiger partial charge in [0.15, 0.2) is 6.17 Å². The summed E-state index contributed by atoms with van der Waals surface area (Å²) in [5, 5.41) is 0. The number of nitrogens with zero attached hydrogens (tertiary/aromatic N) is 4. The first-order chi connectivity index (χ1) is 15.8. The van der Waals surface area contributed by atoms with Crippen LogP contribution in [0.2, 0.25) is 0 Å². The van der Waals surface area contributed by atoms with Crippen molar-refractivity contribution in [3.63, 3.8) is 0 Å². The first kappa shape index (κ1) is 22.4. The molecule has 0 radical (unpaired) electrons. The minimum Gasteiger partial charge on any atom is -0.471 e. The van der Waals surface area contributed by atoms with Crippen LogP contribution in [0, 0.1) is 6.92 Å². The highest BCUT2D eigenvalue weighted by atomic mass is 19.1. The zero-order valence-corrected chi connectivity index (χ0v) is 18.6. The lowest BCUT2D eigenvalue weighted by Crippen LogP contribution is -2.49. The van der Waals surface area contributed by atoms with Gasteiger partial charge in [-0.25, -0.2) is 14.4 Å². The van der Waals surface area contributed by atoms with Gasteiger partial charge in [0.1, 0.15) is 11.7 Å². The Hall–Kier alpha value is -3.75. The van der Waals surface area contributed by atoms with Crippen molar-refractivity contribution in [1.29, 1.82) is 0 Å². The lowest BCUT2D eigenvalue weighted by molar-refractivity contribution is -0.134. The number of ether oxygens (including phenoxy) is 1. The summed E-state index contributed by atoms with van der Waals surface area (Å²) in [6.07, 6.45) is 3.17. The molecule has 4 rings (SSSR count). The molecule has 33 heavy (non-hydrogen) atoms. The van der Waals surface area contributed by atoms with E-state index in [2.05, 4.69) is 9.97 Å². The van der Waals surface area contributed by atoms with Gasteiger partial charge in [-0.15, -0.1) is 0 Å². The number of nitrogens with two attached hydrogens (primary N) is 1. The zero-order valence-electron chi connectivity index (χ0n) is 18.6. The molecule has 0 spiro atoms. The van der Waals surface area contributed by atoms with Crippen LogP contribution in [0.15, 0.2) is 49.1 Å². The summed E-state index contributed by atoms with van der Waals surface area (Å²) in [5.41, 5.74) is 8.81. The van der Waals surface area contributed by atoms with Crippen molar-refractivity contribution in [2.45, 2.75) is 32.0 Å². The molecular formula is C24H26FN5O3. The Morgan fingerprint density at radius 2 is 2.00 bits per heavy atom. The van der Waals surface area contributed by atoms with Crippen LogP contribution in [0.1, 0.15) is 27.9 Å².